The van der Waals surface area contributed by atoms with Crippen molar-refractivity contribution in [2.24, 2.45) is 0 Å². The summed E-state index contributed by atoms with van der Waals surface area (Å²) in [6, 6.07) is 7.93. The average Bonchev–Trinajstić information content (AvgIpc) is 2.42. The van der Waals surface area contributed by atoms with E-state index in [-0.39, 0.29) is 5.91 Å². The second-order valence-electron chi connectivity index (χ2n) is 5.39. The van der Waals surface area contributed by atoms with Crippen LogP contribution in [0.3, 0.4) is 0 Å². The van der Waals surface area contributed by atoms with Gasteiger partial charge < -0.3 is 15.1 Å². The molecule has 2 rings (SSSR count). The molecular weight excluding hydrogens is 238 g/mol. The lowest BCUT2D eigenvalue weighted by atomic mass is 10.2. The number of carbonyl (C=O) groups is 1. The molecule has 3 N–H and O–H groups in total. The number of aryl methyl sites for hydroxylation is 1. The van der Waals surface area contributed by atoms with Crippen molar-refractivity contribution in [1.82, 2.24) is 0 Å². The number of para-hydroxylation sites is 1. The maximum Gasteiger partial charge on any atom is 0.279 e. The van der Waals surface area contributed by atoms with Gasteiger partial charge in [0.25, 0.3) is 5.91 Å². The zero-order valence-electron chi connectivity index (χ0n) is 12.0. The zero-order valence-corrected chi connectivity index (χ0v) is 12.0. The van der Waals surface area contributed by atoms with Crippen molar-refractivity contribution in [2.75, 3.05) is 44.6 Å². The second-order valence-corrected chi connectivity index (χ2v) is 5.39. The summed E-state index contributed by atoms with van der Waals surface area (Å²) in [5, 5.41) is 3.02. The van der Waals surface area contributed by atoms with Gasteiger partial charge in [-0.2, -0.15) is 0 Å². The van der Waals surface area contributed by atoms with E-state index in [1.54, 1.807) is 4.90 Å². The third-order valence-electron chi connectivity index (χ3n) is 3.99. The molecular formula is C15H25N3O+2. The summed E-state index contributed by atoms with van der Waals surface area (Å²) in [6.07, 6.45) is 0. The van der Waals surface area contributed by atoms with Crippen LogP contribution in [0.25, 0.3) is 0 Å². The number of hydrogen-bond donors (Lipinski definition) is 3. The molecule has 0 atom stereocenters. The van der Waals surface area contributed by atoms with E-state index < -0.39 is 0 Å². The highest BCUT2D eigenvalue weighted by Gasteiger charge is 2.23. The van der Waals surface area contributed by atoms with Crippen LogP contribution >= 0.6 is 0 Å². The van der Waals surface area contributed by atoms with Crippen LogP contribution in [0.4, 0.5) is 5.69 Å². The van der Waals surface area contributed by atoms with Crippen molar-refractivity contribution in [1.29, 1.82) is 0 Å². The predicted octanol–water partition coefficient (Wildman–Crippen LogP) is -1.26. The SMILES string of the molecule is CC[NH+]1CC[NH+](CC(=O)Nc2ccccc2C)CC1. The van der Waals surface area contributed by atoms with Gasteiger partial charge in [0.2, 0.25) is 0 Å². The van der Waals surface area contributed by atoms with Gasteiger partial charge in [-0.25, -0.2) is 0 Å². The number of benzene rings is 1. The minimum atomic E-state index is 0.129. The van der Waals surface area contributed by atoms with Gasteiger partial charge in [-0.3, -0.25) is 4.79 Å². The van der Waals surface area contributed by atoms with E-state index in [1.165, 1.54) is 24.5 Å². The van der Waals surface area contributed by atoms with Gasteiger partial charge in [0, 0.05) is 5.69 Å². The van der Waals surface area contributed by atoms with E-state index in [4.69, 9.17) is 0 Å². The Morgan fingerprint density at radius 1 is 1.16 bits per heavy atom. The molecule has 4 nitrogen and oxygen atoms in total. The molecule has 0 spiro atoms. The number of carbonyl (C=O) groups excluding carboxylic acids is 1. The Labute approximate surface area is 115 Å². The second kappa shape index (κ2) is 6.68. The van der Waals surface area contributed by atoms with Crippen LogP contribution in [0.2, 0.25) is 0 Å². The smallest absolute Gasteiger partial charge is 0.279 e. The molecule has 1 heterocycles. The first-order chi connectivity index (χ1) is 9.19. The highest BCUT2D eigenvalue weighted by Crippen LogP contribution is 2.12. The molecule has 0 saturated carbocycles. The zero-order chi connectivity index (χ0) is 13.7. The number of hydrogen-bond acceptors (Lipinski definition) is 1. The summed E-state index contributed by atoms with van der Waals surface area (Å²) in [5.74, 6) is 0.129. The third-order valence-corrected chi connectivity index (χ3v) is 3.99. The van der Waals surface area contributed by atoms with E-state index in [9.17, 15) is 4.79 Å². The minimum Gasteiger partial charge on any atom is -0.326 e. The van der Waals surface area contributed by atoms with E-state index in [1.807, 2.05) is 31.2 Å². The Kier molecular flexibility index (Phi) is 4.93. The third kappa shape index (κ3) is 4.04. The summed E-state index contributed by atoms with van der Waals surface area (Å²) in [7, 11) is 0. The first kappa shape index (κ1) is 14.0. The monoisotopic (exact) mass is 263 g/mol. The molecule has 1 aromatic rings. The largest absolute Gasteiger partial charge is 0.326 e. The minimum absolute atomic E-state index is 0.129. The van der Waals surface area contributed by atoms with E-state index in [0.717, 1.165) is 24.3 Å². The van der Waals surface area contributed by atoms with Crippen LogP contribution in [0, 0.1) is 6.92 Å². The Hall–Kier alpha value is -1.39. The lowest BCUT2D eigenvalue weighted by Crippen LogP contribution is -3.28. The number of nitrogens with one attached hydrogen (secondary N) is 3. The van der Waals surface area contributed by atoms with E-state index in [0.29, 0.717) is 6.54 Å². The molecule has 19 heavy (non-hydrogen) atoms. The first-order valence-corrected chi connectivity index (χ1v) is 7.21. The van der Waals surface area contributed by atoms with Gasteiger partial charge in [0.1, 0.15) is 26.2 Å². The first-order valence-electron chi connectivity index (χ1n) is 7.21. The molecule has 0 radical (unpaired) electrons. The van der Waals surface area contributed by atoms with Crippen molar-refractivity contribution in [2.45, 2.75) is 13.8 Å². The number of piperazine rings is 1. The molecule has 1 aliphatic rings. The fourth-order valence-electron chi connectivity index (χ4n) is 2.62. The lowest BCUT2D eigenvalue weighted by Gasteiger charge is -2.28. The highest BCUT2D eigenvalue weighted by atomic mass is 16.2. The van der Waals surface area contributed by atoms with Crippen LogP contribution in [-0.2, 0) is 4.79 Å². The Morgan fingerprint density at radius 3 is 2.42 bits per heavy atom. The van der Waals surface area contributed by atoms with Gasteiger partial charge in [-0.1, -0.05) is 18.2 Å². The Balaban J connectivity index is 1.81. The average molecular weight is 263 g/mol. The molecule has 0 aliphatic carbocycles. The van der Waals surface area contributed by atoms with Crippen molar-refractivity contribution in [3.63, 3.8) is 0 Å². The summed E-state index contributed by atoms with van der Waals surface area (Å²) in [4.78, 5) is 15.1. The standard InChI is InChI=1S/C15H23N3O/c1-3-17-8-10-18(11-9-17)12-15(19)16-14-7-5-4-6-13(14)2/h4-7H,3,8-12H2,1-2H3,(H,16,19)/p+2. The number of amides is 1. The topological polar surface area (TPSA) is 38.0 Å². The fourth-order valence-corrected chi connectivity index (χ4v) is 2.62. The molecule has 1 aliphatic heterocycles. The van der Waals surface area contributed by atoms with Crippen molar-refractivity contribution < 1.29 is 14.6 Å². The fraction of sp³-hybridized carbons (Fsp3) is 0.533. The Morgan fingerprint density at radius 2 is 1.79 bits per heavy atom. The highest BCUT2D eigenvalue weighted by molar-refractivity contribution is 5.92. The maximum absolute atomic E-state index is 12.0. The number of likely N-dealkylation sites (N-methyl/N-ethyl adjacent to an activating group) is 1. The quantitative estimate of drug-likeness (QED) is 0.623. The molecule has 104 valence electrons. The molecule has 0 aromatic heterocycles. The summed E-state index contributed by atoms with van der Waals surface area (Å²) in [6.45, 7) is 10.6. The van der Waals surface area contributed by atoms with Crippen LogP contribution < -0.4 is 15.1 Å². The van der Waals surface area contributed by atoms with Gasteiger partial charge in [0.15, 0.2) is 6.54 Å². The van der Waals surface area contributed by atoms with E-state index >= 15 is 0 Å². The summed E-state index contributed by atoms with van der Waals surface area (Å²) >= 11 is 0. The molecule has 1 fully saturated rings. The molecule has 4 heteroatoms. The normalized spacial score (nSPS) is 23.1. The van der Waals surface area contributed by atoms with Crippen LogP contribution in [0.1, 0.15) is 12.5 Å². The number of quaternary nitrogens is 2. The van der Waals surface area contributed by atoms with Crippen molar-refractivity contribution in [3.05, 3.63) is 29.8 Å². The number of rotatable bonds is 4. The van der Waals surface area contributed by atoms with Crippen molar-refractivity contribution >= 4 is 11.6 Å². The van der Waals surface area contributed by atoms with E-state index in [2.05, 4.69) is 12.2 Å². The van der Waals surface area contributed by atoms with Crippen LogP contribution in [0.15, 0.2) is 24.3 Å². The van der Waals surface area contributed by atoms with Crippen molar-refractivity contribution in [3.8, 4) is 0 Å². The number of anilines is 1. The van der Waals surface area contributed by atoms with Gasteiger partial charge in [0.05, 0.1) is 6.54 Å². The van der Waals surface area contributed by atoms with Gasteiger partial charge in [-0.15, -0.1) is 0 Å². The molecule has 1 aromatic carbocycles. The van der Waals surface area contributed by atoms with Crippen LogP contribution in [-0.4, -0.2) is 45.2 Å². The van der Waals surface area contributed by atoms with Gasteiger partial charge >= 0.3 is 0 Å². The molecule has 0 bridgehead atoms. The molecule has 0 unspecified atom stereocenters. The lowest BCUT2D eigenvalue weighted by molar-refractivity contribution is -1.01. The predicted molar refractivity (Wildman–Crippen MR) is 76.6 cm³/mol. The Bertz CT molecular complexity index is 425. The molecule has 1 saturated heterocycles. The van der Waals surface area contributed by atoms with Crippen LogP contribution in [0.5, 0.6) is 0 Å². The summed E-state index contributed by atoms with van der Waals surface area (Å²) in [5.41, 5.74) is 2.05. The maximum atomic E-state index is 12.0. The molecule has 1 amide bonds. The van der Waals surface area contributed by atoms with Gasteiger partial charge in [-0.05, 0) is 25.5 Å². The summed E-state index contributed by atoms with van der Waals surface area (Å²) < 4.78 is 0.